The number of hydrogen-bond donors (Lipinski definition) is 1. The Balaban J connectivity index is 1.21. The maximum atomic E-state index is 12.4. The van der Waals surface area contributed by atoms with Gasteiger partial charge in [0.1, 0.15) is 16.4 Å². The number of fused-ring (bicyclic) bond motifs is 1. The molecule has 37 heavy (non-hydrogen) atoms. The van der Waals surface area contributed by atoms with Gasteiger partial charge in [-0.25, -0.2) is 15.0 Å². The van der Waals surface area contributed by atoms with E-state index in [2.05, 4.69) is 28.0 Å². The van der Waals surface area contributed by atoms with Crippen LogP contribution < -0.4 is 10.1 Å². The Kier molecular flexibility index (Phi) is 6.84. The topological polar surface area (TPSA) is 64.9 Å². The first kappa shape index (κ1) is 24.8. The number of benzene rings is 2. The van der Waals surface area contributed by atoms with E-state index in [0.29, 0.717) is 5.82 Å². The Morgan fingerprint density at radius 1 is 1.00 bits per heavy atom. The van der Waals surface area contributed by atoms with Gasteiger partial charge < -0.3 is 14.6 Å². The van der Waals surface area contributed by atoms with Gasteiger partial charge >= 0.3 is 6.36 Å². The molecule has 10 heteroatoms. The second kappa shape index (κ2) is 10.2. The van der Waals surface area contributed by atoms with Crippen molar-refractivity contribution in [2.75, 3.05) is 11.9 Å². The van der Waals surface area contributed by atoms with Crippen molar-refractivity contribution in [2.24, 2.45) is 7.05 Å². The number of hydrogen-bond acceptors (Lipinski definition) is 6. The second-order valence-corrected chi connectivity index (χ2v) is 9.87. The molecule has 3 heterocycles. The minimum Gasteiger partial charge on any atom is -0.406 e. The molecule has 0 bridgehead atoms. The number of nitrogens with one attached hydrogen (secondary N) is 1. The highest BCUT2D eigenvalue weighted by Crippen LogP contribution is 2.31. The van der Waals surface area contributed by atoms with Crippen LogP contribution in [-0.2, 0) is 13.5 Å². The quantitative estimate of drug-likeness (QED) is 0.222. The van der Waals surface area contributed by atoms with E-state index in [1.165, 1.54) is 22.6 Å². The van der Waals surface area contributed by atoms with E-state index < -0.39 is 6.36 Å². The number of halogens is 3. The Morgan fingerprint density at radius 2 is 1.70 bits per heavy atom. The summed E-state index contributed by atoms with van der Waals surface area (Å²) in [5.41, 5.74) is 2.93. The number of nitrogens with zero attached hydrogens (tertiary/aromatic N) is 4. The van der Waals surface area contributed by atoms with Gasteiger partial charge in [-0.1, -0.05) is 36.4 Å². The van der Waals surface area contributed by atoms with Crippen LogP contribution in [-0.4, -0.2) is 32.4 Å². The van der Waals surface area contributed by atoms with E-state index in [1.807, 2.05) is 42.1 Å². The highest BCUT2D eigenvalue weighted by Gasteiger charge is 2.30. The van der Waals surface area contributed by atoms with Crippen molar-refractivity contribution in [3.05, 3.63) is 77.4 Å². The van der Waals surface area contributed by atoms with Crippen molar-refractivity contribution in [2.45, 2.75) is 26.1 Å². The molecule has 0 radical (unpaired) electrons. The van der Waals surface area contributed by atoms with Gasteiger partial charge in [0.25, 0.3) is 0 Å². The molecular weight excluding hydrogens is 499 g/mol. The molecule has 1 N–H and O–H groups in total. The van der Waals surface area contributed by atoms with Crippen LogP contribution in [0.15, 0.2) is 67.0 Å². The lowest BCUT2D eigenvalue weighted by Gasteiger charge is -2.10. The third-order valence-electron chi connectivity index (χ3n) is 5.85. The van der Waals surface area contributed by atoms with Gasteiger partial charge in [0.2, 0.25) is 0 Å². The van der Waals surface area contributed by atoms with Crippen molar-refractivity contribution in [3.63, 3.8) is 0 Å². The molecule has 0 aliphatic rings. The van der Waals surface area contributed by atoms with E-state index >= 15 is 0 Å². The third kappa shape index (κ3) is 5.91. The lowest BCUT2D eigenvalue weighted by molar-refractivity contribution is -0.274. The van der Waals surface area contributed by atoms with E-state index in [-0.39, 0.29) is 5.75 Å². The fourth-order valence-electron chi connectivity index (χ4n) is 4.07. The summed E-state index contributed by atoms with van der Waals surface area (Å²) in [5, 5.41) is 4.49. The maximum Gasteiger partial charge on any atom is 0.573 e. The third-order valence-corrected chi connectivity index (χ3v) is 6.79. The van der Waals surface area contributed by atoms with Crippen LogP contribution in [0.3, 0.4) is 0 Å². The molecule has 190 valence electrons. The van der Waals surface area contributed by atoms with Crippen molar-refractivity contribution >= 4 is 27.4 Å². The predicted molar refractivity (Wildman–Crippen MR) is 140 cm³/mol. The molecule has 0 unspecified atom stereocenters. The van der Waals surface area contributed by atoms with Crippen LogP contribution in [0, 0.1) is 6.92 Å². The number of imidazole rings is 1. The number of thiophene rings is 1. The summed E-state index contributed by atoms with van der Waals surface area (Å²) in [6.07, 6.45) is 0.682. The van der Waals surface area contributed by atoms with Crippen LogP contribution in [0.2, 0.25) is 0 Å². The summed E-state index contributed by atoms with van der Waals surface area (Å²) >= 11 is 1.64. The van der Waals surface area contributed by atoms with Crippen LogP contribution in [0.4, 0.5) is 19.0 Å². The number of rotatable bonds is 8. The highest BCUT2D eigenvalue weighted by atomic mass is 32.1. The number of ether oxygens (including phenoxy) is 1. The number of aryl methyl sites for hydroxylation is 3. The van der Waals surface area contributed by atoms with Gasteiger partial charge in [0.15, 0.2) is 11.6 Å². The van der Waals surface area contributed by atoms with Crippen LogP contribution in [0.25, 0.3) is 33.0 Å². The van der Waals surface area contributed by atoms with Gasteiger partial charge in [-0.2, -0.15) is 0 Å². The highest BCUT2D eigenvalue weighted by molar-refractivity contribution is 7.18. The summed E-state index contributed by atoms with van der Waals surface area (Å²) in [6, 6.07) is 16.0. The van der Waals surface area contributed by atoms with Gasteiger partial charge in [0, 0.05) is 30.9 Å². The largest absolute Gasteiger partial charge is 0.573 e. The van der Waals surface area contributed by atoms with Gasteiger partial charge in [-0.05, 0) is 54.7 Å². The minimum atomic E-state index is -4.69. The van der Waals surface area contributed by atoms with Crippen molar-refractivity contribution in [1.29, 1.82) is 0 Å². The first-order valence-corrected chi connectivity index (χ1v) is 12.5. The zero-order valence-corrected chi connectivity index (χ0v) is 21.0. The molecule has 0 fully saturated rings. The monoisotopic (exact) mass is 523 g/mol. The van der Waals surface area contributed by atoms with E-state index in [0.717, 1.165) is 52.4 Å². The molecule has 5 aromatic rings. The van der Waals surface area contributed by atoms with E-state index in [4.69, 9.17) is 9.97 Å². The fraction of sp³-hybridized carbons (Fsp3) is 0.222. The molecule has 5 rings (SSSR count). The number of anilines is 1. The Labute approximate surface area is 215 Å². The van der Waals surface area contributed by atoms with Crippen LogP contribution >= 0.6 is 11.3 Å². The zero-order chi connectivity index (χ0) is 26.0. The Morgan fingerprint density at radius 3 is 2.35 bits per heavy atom. The first-order valence-electron chi connectivity index (χ1n) is 11.7. The molecule has 0 saturated carbocycles. The van der Waals surface area contributed by atoms with Crippen molar-refractivity contribution < 1.29 is 17.9 Å². The standard InChI is InChI=1S/C27H24F3N5OS/c1-17-16-22-23(33-24(34-26(22)37-17)25-32-14-15-35(25)2)31-13-3-4-18-5-7-19(8-6-18)20-9-11-21(12-10-20)36-27(28,29)30/h5-12,14-16H,3-4,13H2,1-2H3,(H,31,33,34). The van der Waals surface area contributed by atoms with Gasteiger partial charge in [0.05, 0.1) is 5.39 Å². The maximum absolute atomic E-state index is 12.4. The van der Waals surface area contributed by atoms with Crippen LogP contribution in [0.5, 0.6) is 5.75 Å². The summed E-state index contributed by atoms with van der Waals surface area (Å²) in [4.78, 5) is 16.0. The molecule has 6 nitrogen and oxygen atoms in total. The van der Waals surface area contributed by atoms with E-state index in [1.54, 1.807) is 29.7 Å². The molecule has 3 aromatic heterocycles. The number of alkyl halides is 3. The van der Waals surface area contributed by atoms with Gasteiger partial charge in [-0.3, -0.25) is 0 Å². The fourth-order valence-corrected chi connectivity index (χ4v) is 4.95. The van der Waals surface area contributed by atoms with Crippen molar-refractivity contribution in [1.82, 2.24) is 19.5 Å². The molecule has 0 aliphatic carbocycles. The molecule has 0 amide bonds. The second-order valence-electron chi connectivity index (χ2n) is 8.63. The minimum absolute atomic E-state index is 0.231. The summed E-state index contributed by atoms with van der Waals surface area (Å²) < 4.78 is 42.9. The summed E-state index contributed by atoms with van der Waals surface area (Å²) in [6.45, 7) is 2.80. The molecule has 2 aromatic carbocycles. The van der Waals surface area contributed by atoms with E-state index in [9.17, 15) is 13.2 Å². The summed E-state index contributed by atoms with van der Waals surface area (Å²) in [5.74, 6) is 1.89. The van der Waals surface area contributed by atoms with Crippen molar-refractivity contribution in [3.8, 4) is 28.5 Å². The molecule has 0 aliphatic heterocycles. The smallest absolute Gasteiger partial charge is 0.406 e. The molecular formula is C27H24F3N5OS. The first-order chi connectivity index (χ1) is 17.7. The Bertz CT molecular complexity index is 1510. The van der Waals surface area contributed by atoms with Crippen LogP contribution in [0.1, 0.15) is 16.9 Å². The Hall–Kier alpha value is -3.92. The molecule has 0 saturated heterocycles. The predicted octanol–water partition coefficient (Wildman–Crippen LogP) is 7.01. The SMILES string of the molecule is Cc1cc2c(NCCCc3ccc(-c4ccc(OC(F)(F)F)cc4)cc3)nc(-c3nccn3C)nc2s1. The number of aromatic nitrogens is 4. The average molecular weight is 524 g/mol. The lowest BCUT2D eigenvalue weighted by Crippen LogP contribution is -2.16. The molecule has 0 spiro atoms. The summed E-state index contributed by atoms with van der Waals surface area (Å²) in [7, 11) is 1.92. The lowest BCUT2D eigenvalue weighted by atomic mass is 10.0. The normalized spacial score (nSPS) is 11.7. The molecule has 0 atom stereocenters. The average Bonchev–Trinajstić information content (AvgIpc) is 3.46. The zero-order valence-electron chi connectivity index (χ0n) is 20.2. The van der Waals surface area contributed by atoms with Gasteiger partial charge in [-0.15, -0.1) is 24.5 Å².